The third-order valence-electron chi connectivity index (χ3n) is 7.62. The number of methoxy groups -OCH3 is 1. The van der Waals surface area contributed by atoms with Crippen molar-refractivity contribution in [3.63, 3.8) is 0 Å². The van der Waals surface area contributed by atoms with Gasteiger partial charge in [0.15, 0.2) is 5.82 Å². The van der Waals surface area contributed by atoms with Gasteiger partial charge < -0.3 is 19.3 Å². The average molecular weight is 466 g/mol. The Morgan fingerprint density at radius 1 is 1.45 bits per heavy atom. The summed E-state index contributed by atoms with van der Waals surface area (Å²) in [6, 6.07) is -0.767. The summed E-state index contributed by atoms with van der Waals surface area (Å²) in [5.74, 6) is -0.403. The van der Waals surface area contributed by atoms with Gasteiger partial charge in [-0.15, -0.1) is 0 Å². The molecule has 1 unspecified atom stereocenters. The molecule has 184 valence electrons. The predicted molar refractivity (Wildman–Crippen MR) is 118 cm³/mol. The minimum atomic E-state index is -1.02. The van der Waals surface area contributed by atoms with E-state index in [-0.39, 0.29) is 36.2 Å². The van der Waals surface area contributed by atoms with Gasteiger partial charge in [0, 0.05) is 25.5 Å². The maximum Gasteiger partial charge on any atom is 0.438 e. The van der Waals surface area contributed by atoms with Gasteiger partial charge in [0.2, 0.25) is 0 Å². The van der Waals surface area contributed by atoms with Crippen LogP contribution in [-0.4, -0.2) is 75.5 Å². The highest BCUT2D eigenvalue weighted by molar-refractivity contribution is 5.66. The Labute approximate surface area is 193 Å². The molecule has 1 aromatic rings. The van der Waals surface area contributed by atoms with E-state index in [4.69, 9.17) is 14.2 Å². The van der Waals surface area contributed by atoms with Crippen molar-refractivity contribution < 1.29 is 28.6 Å². The molecule has 2 N–H and O–H groups in total. The molecule has 7 atom stereocenters. The van der Waals surface area contributed by atoms with Crippen LogP contribution in [0, 0.1) is 5.92 Å². The Morgan fingerprint density at radius 2 is 2.18 bits per heavy atom. The van der Waals surface area contributed by atoms with E-state index in [0.29, 0.717) is 25.3 Å². The molecule has 2 aliphatic heterocycles. The van der Waals surface area contributed by atoms with Crippen LogP contribution >= 0.6 is 0 Å². The first-order chi connectivity index (χ1) is 15.6. The number of hydrogen-bond donors (Lipinski definition) is 2. The smallest absolute Gasteiger partial charge is 0.438 e. The van der Waals surface area contributed by atoms with E-state index < -0.39 is 23.5 Å². The molecule has 1 aliphatic carbocycles. The van der Waals surface area contributed by atoms with Gasteiger partial charge in [0.05, 0.1) is 30.5 Å². The molecule has 3 heterocycles. The number of nitrogens with zero attached hydrogens (tertiary/aromatic N) is 2. The van der Waals surface area contributed by atoms with Gasteiger partial charge in [0.25, 0.3) is 0 Å². The number of amides is 1. The lowest BCUT2D eigenvalue weighted by Gasteiger charge is -2.48. The van der Waals surface area contributed by atoms with Crippen LogP contribution in [0.5, 0.6) is 0 Å². The van der Waals surface area contributed by atoms with Crippen LogP contribution in [0.25, 0.3) is 0 Å². The summed E-state index contributed by atoms with van der Waals surface area (Å²) in [6.45, 7) is 8.80. The Kier molecular flexibility index (Phi) is 6.45. The average Bonchev–Trinajstić information content (AvgIpc) is 3.63. The van der Waals surface area contributed by atoms with Gasteiger partial charge in [0.1, 0.15) is 5.60 Å². The fraction of sp³-hybridized carbons (Fsp3) is 0.783. The fourth-order valence-electron chi connectivity index (χ4n) is 5.84. The minimum Gasteiger partial charge on any atom is -0.465 e. The van der Waals surface area contributed by atoms with Gasteiger partial charge in [-0.05, 0) is 46.5 Å². The van der Waals surface area contributed by atoms with E-state index in [1.165, 1.54) is 10.5 Å². The van der Waals surface area contributed by atoms with Crippen LogP contribution in [0.3, 0.4) is 0 Å². The van der Waals surface area contributed by atoms with Crippen LogP contribution in [0.15, 0.2) is 21.0 Å². The first-order valence-corrected chi connectivity index (χ1v) is 11.7. The van der Waals surface area contributed by atoms with Crippen molar-refractivity contribution in [1.29, 1.82) is 0 Å². The van der Waals surface area contributed by atoms with Crippen molar-refractivity contribution in [3.8, 4) is 0 Å². The number of aromatic nitrogens is 2. The molecule has 1 aromatic heterocycles. The van der Waals surface area contributed by atoms with Crippen LogP contribution in [-0.2, 0) is 20.6 Å². The summed E-state index contributed by atoms with van der Waals surface area (Å²) in [6.07, 6.45) is 3.82. The third-order valence-corrected chi connectivity index (χ3v) is 7.62. The van der Waals surface area contributed by atoms with Crippen LogP contribution < -0.4 is 5.76 Å². The zero-order valence-electron chi connectivity index (χ0n) is 20.0. The molecule has 1 saturated carbocycles. The number of ether oxygens (including phenoxy) is 3. The first-order valence-electron chi connectivity index (χ1n) is 11.7. The lowest BCUT2D eigenvalue weighted by Crippen LogP contribution is -2.62. The molecule has 10 heteroatoms. The summed E-state index contributed by atoms with van der Waals surface area (Å²) in [5, 5.41) is 14.0. The maximum atomic E-state index is 12.5. The summed E-state index contributed by atoms with van der Waals surface area (Å²) < 4.78 is 22.9. The molecule has 1 spiro atoms. The normalized spacial score (nSPS) is 35.8. The van der Waals surface area contributed by atoms with E-state index in [9.17, 15) is 14.7 Å². The lowest BCUT2D eigenvalue weighted by molar-refractivity contribution is -0.0988. The Hall–Kier alpha value is -2.17. The van der Waals surface area contributed by atoms with E-state index in [2.05, 4.69) is 41.5 Å². The molecule has 4 rings (SSSR count). The lowest BCUT2D eigenvalue weighted by atomic mass is 9.67. The third kappa shape index (κ3) is 4.48. The van der Waals surface area contributed by atoms with Gasteiger partial charge >= 0.3 is 11.8 Å². The van der Waals surface area contributed by atoms with Crippen molar-refractivity contribution >= 4 is 6.09 Å². The predicted octanol–water partition coefficient (Wildman–Crippen LogP) is 2.74. The molecular formula is C23H35N3O7. The van der Waals surface area contributed by atoms with Crippen LogP contribution in [0.2, 0.25) is 0 Å². The van der Waals surface area contributed by atoms with Crippen molar-refractivity contribution in [2.45, 2.75) is 95.3 Å². The molecule has 0 radical (unpaired) electrons. The van der Waals surface area contributed by atoms with Crippen molar-refractivity contribution in [2.24, 2.45) is 5.92 Å². The second kappa shape index (κ2) is 8.88. The highest BCUT2D eigenvalue weighted by atomic mass is 16.6. The molecular weight excluding hydrogens is 430 g/mol. The maximum absolute atomic E-state index is 12.5. The van der Waals surface area contributed by atoms with Gasteiger partial charge in [-0.1, -0.05) is 23.7 Å². The molecule has 0 aromatic carbocycles. The van der Waals surface area contributed by atoms with E-state index in [1.807, 2.05) is 6.92 Å². The minimum absolute atomic E-state index is 0.0512. The van der Waals surface area contributed by atoms with Crippen molar-refractivity contribution in [1.82, 2.24) is 15.0 Å². The second-order valence-corrected chi connectivity index (χ2v) is 9.94. The number of carboxylic acid groups (broad SMARTS) is 1. The number of H-pyrrole nitrogens is 1. The molecule has 2 saturated heterocycles. The van der Waals surface area contributed by atoms with Crippen molar-refractivity contribution in [2.75, 3.05) is 13.7 Å². The summed E-state index contributed by atoms with van der Waals surface area (Å²) in [4.78, 5) is 27.9. The molecule has 0 bridgehead atoms. The van der Waals surface area contributed by atoms with E-state index in [1.54, 1.807) is 7.11 Å². The number of allylic oxidation sites excluding steroid dienone is 1. The van der Waals surface area contributed by atoms with Crippen LogP contribution in [0.1, 0.15) is 59.2 Å². The molecule has 3 fully saturated rings. The number of rotatable bonds is 9. The fourth-order valence-corrected chi connectivity index (χ4v) is 5.84. The van der Waals surface area contributed by atoms with E-state index >= 15 is 0 Å². The topological polar surface area (TPSA) is 134 Å². The largest absolute Gasteiger partial charge is 0.465 e. The van der Waals surface area contributed by atoms with Crippen molar-refractivity contribution in [3.05, 3.63) is 28.0 Å². The molecule has 1 amide bonds. The zero-order chi connectivity index (χ0) is 24.0. The number of nitrogens with one attached hydrogen (secondary N) is 1. The molecule has 33 heavy (non-hydrogen) atoms. The molecule has 3 aliphatic rings. The summed E-state index contributed by atoms with van der Waals surface area (Å²) in [5.41, 5.74) is 0.476. The number of epoxide rings is 2. The highest BCUT2D eigenvalue weighted by Gasteiger charge is 2.72. The van der Waals surface area contributed by atoms with E-state index in [0.717, 1.165) is 12.8 Å². The van der Waals surface area contributed by atoms with Gasteiger partial charge in [-0.25, -0.2) is 9.59 Å². The summed E-state index contributed by atoms with van der Waals surface area (Å²) in [7, 11) is 1.64. The Bertz CT molecular complexity index is 948. The van der Waals surface area contributed by atoms with Gasteiger partial charge in [-0.2, -0.15) is 0 Å². The molecule has 10 nitrogen and oxygen atoms in total. The SMILES string of the molecule is CCC(Cc1noc(=O)[nH]1)N(C(=O)O)[C@@H]1CC[C@]2(CO2)[C@@H]([C@@]2(C)O[C@@H]2CC=C(C)C)[C@@H]1OC. The highest BCUT2D eigenvalue weighted by Crippen LogP contribution is 2.60. The monoisotopic (exact) mass is 465 g/mol. The van der Waals surface area contributed by atoms with Crippen LogP contribution in [0.4, 0.5) is 4.79 Å². The number of hydrogen-bond acceptors (Lipinski definition) is 7. The number of aromatic amines is 1. The standard InChI is InChI=1S/C23H35N3O7/c1-6-14(11-17-24-20(27)33-25-17)26(21(28)29)15-9-10-23(12-31-23)19(18(15)30-5)22(4)16(32-22)8-7-13(2)3/h7,14-16,18-19H,6,8-12H2,1-5H3,(H,28,29)(H,24,25,27)/t14?,15-,16-,18-,19-,22+,23+/m1/s1. The van der Waals surface area contributed by atoms with Gasteiger partial charge in [-0.3, -0.25) is 14.4 Å². The summed E-state index contributed by atoms with van der Waals surface area (Å²) >= 11 is 0. The first kappa shape index (κ1) is 24.0. The zero-order valence-corrected chi connectivity index (χ0v) is 20.0. The Morgan fingerprint density at radius 3 is 2.70 bits per heavy atom. The quantitative estimate of drug-likeness (QED) is 0.420. The Balaban J connectivity index is 1.61. The second-order valence-electron chi connectivity index (χ2n) is 9.94. The number of carbonyl (C=O) groups is 1.